The van der Waals surface area contributed by atoms with E-state index in [1.807, 2.05) is 0 Å². The van der Waals surface area contributed by atoms with Gasteiger partial charge in [0.1, 0.15) is 0 Å². The van der Waals surface area contributed by atoms with Crippen molar-refractivity contribution < 1.29 is 0 Å². The molecule has 0 aromatic rings. The Hall–Kier alpha value is -0.720. The average molecular weight is 215 g/mol. The molecular formula is C9H19N4O2-. The molecule has 0 amide bonds. The second kappa shape index (κ2) is 6.71. The van der Waals surface area contributed by atoms with Crippen LogP contribution in [0, 0.1) is 10.1 Å². The minimum absolute atomic E-state index is 0.167. The van der Waals surface area contributed by atoms with E-state index in [0.717, 1.165) is 25.7 Å². The van der Waals surface area contributed by atoms with Crippen molar-refractivity contribution in [1.29, 1.82) is 0 Å². The molecule has 6 nitrogen and oxygen atoms in total. The van der Waals surface area contributed by atoms with Gasteiger partial charge in [-0.15, -0.1) is 4.91 Å². The Bertz CT molecular complexity index is 185. The molecule has 1 saturated carbocycles. The highest BCUT2D eigenvalue weighted by molar-refractivity contribution is 4.74. The zero-order valence-corrected chi connectivity index (χ0v) is 8.97. The molecule has 0 aromatic heterocycles. The number of hydrazine groups is 1. The van der Waals surface area contributed by atoms with Crippen molar-refractivity contribution in [3.8, 4) is 0 Å². The van der Waals surface area contributed by atoms with Gasteiger partial charge >= 0.3 is 0 Å². The molecule has 0 heterocycles. The zero-order chi connectivity index (χ0) is 11.1. The molecule has 1 aliphatic carbocycles. The van der Waals surface area contributed by atoms with Crippen LogP contribution in [0.4, 0.5) is 0 Å². The van der Waals surface area contributed by atoms with Gasteiger partial charge in [0.2, 0.25) is 0 Å². The van der Waals surface area contributed by atoms with Crippen LogP contribution in [-0.2, 0) is 0 Å². The molecular weight excluding hydrogens is 196 g/mol. The summed E-state index contributed by atoms with van der Waals surface area (Å²) >= 11 is 0. The number of nitrogens with two attached hydrogens (primary N) is 1. The monoisotopic (exact) mass is 215 g/mol. The van der Waals surface area contributed by atoms with E-state index < -0.39 is 0 Å². The first-order chi connectivity index (χ1) is 7.29. The highest BCUT2D eigenvalue weighted by atomic mass is 16.6. The third-order valence-corrected chi connectivity index (χ3v) is 2.88. The summed E-state index contributed by atoms with van der Waals surface area (Å²) in [6.45, 7) is 1.05. The van der Waals surface area contributed by atoms with Gasteiger partial charge in [-0.2, -0.15) is 0 Å². The number of nitroso groups, excluding NO2 is 1. The summed E-state index contributed by atoms with van der Waals surface area (Å²) in [5.41, 5.74) is 5.39. The van der Waals surface area contributed by atoms with Gasteiger partial charge in [0.15, 0.2) is 0 Å². The Kier molecular flexibility index (Phi) is 5.52. The van der Waals surface area contributed by atoms with E-state index in [4.69, 9.17) is 5.73 Å². The van der Waals surface area contributed by atoms with E-state index in [9.17, 15) is 10.1 Å². The molecule has 0 unspecified atom stereocenters. The van der Waals surface area contributed by atoms with Gasteiger partial charge in [-0.1, -0.05) is 19.3 Å². The molecule has 0 aliphatic heterocycles. The number of hydrogen-bond donors (Lipinski definition) is 1. The highest BCUT2D eigenvalue weighted by Gasteiger charge is 2.22. The van der Waals surface area contributed by atoms with Gasteiger partial charge in [-0.25, -0.2) is 5.01 Å². The third-order valence-electron chi connectivity index (χ3n) is 2.88. The Morgan fingerprint density at radius 3 is 2.53 bits per heavy atom. The highest BCUT2D eigenvalue weighted by Crippen LogP contribution is 2.23. The Balaban J connectivity index is 2.48. The van der Waals surface area contributed by atoms with Crippen LogP contribution >= 0.6 is 0 Å². The molecule has 0 saturated heterocycles. The van der Waals surface area contributed by atoms with Gasteiger partial charge in [0, 0.05) is 12.6 Å². The van der Waals surface area contributed by atoms with E-state index in [2.05, 4.69) is 5.29 Å². The minimum atomic E-state index is 0.167. The van der Waals surface area contributed by atoms with Gasteiger partial charge in [0.25, 0.3) is 0 Å². The predicted molar refractivity (Wildman–Crippen MR) is 58.3 cm³/mol. The number of rotatable bonds is 6. The van der Waals surface area contributed by atoms with Crippen LogP contribution in [0.2, 0.25) is 0 Å². The Labute approximate surface area is 89.9 Å². The quantitative estimate of drug-likeness (QED) is 0.534. The normalized spacial score (nSPS) is 18.1. The fourth-order valence-corrected chi connectivity index (χ4v) is 2.09. The van der Waals surface area contributed by atoms with Crippen LogP contribution in [0.15, 0.2) is 5.29 Å². The topological polar surface area (TPSA) is 85.0 Å². The van der Waals surface area contributed by atoms with Gasteiger partial charge in [-0.05, 0) is 25.8 Å². The molecule has 0 atom stereocenters. The molecule has 88 valence electrons. The van der Waals surface area contributed by atoms with Crippen molar-refractivity contribution in [2.75, 3.05) is 13.1 Å². The van der Waals surface area contributed by atoms with Crippen LogP contribution in [-0.4, -0.2) is 29.4 Å². The first-order valence-corrected chi connectivity index (χ1v) is 5.56. The van der Waals surface area contributed by atoms with E-state index in [0.29, 0.717) is 19.5 Å². The van der Waals surface area contributed by atoms with Crippen molar-refractivity contribution in [2.24, 2.45) is 11.0 Å². The standard InChI is InChI=1S/C9H19N4O2/c10-7-4-8-12(13(15)11-14)9-5-2-1-3-6-9/h9H,1-8,10H2/q-1. The lowest BCUT2D eigenvalue weighted by Crippen LogP contribution is -2.45. The van der Waals surface area contributed by atoms with E-state index in [-0.39, 0.29) is 11.3 Å². The maximum Gasteiger partial charge on any atom is 0.0579 e. The molecule has 15 heavy (non-hydrogen) atoms. The van der Waals surface area contributed by atoms with E-state index in [1.54, 1.807) is 0 Å². The summed E-state index contributed by atoms with van der Waals surface area (Å²) in [6.07, 6.45) is 6.12. The summed E-state index contributed by atoms with van der Waals surface area (Å²) < 4.78 is 0. The minimum Gasteiger partial charge on any atom is -0.724 e. The molecule has 0 bridgehead atoms. The lowest BCUT2D eigenvalue weighted by molar-refractivity contribution is -0.0340. The van der Waals surface area contributed by atoms with Crippen LogP contribution in [0.25, 0.3) is 0 Å². The second-order valence-corrected chi connectivity index (χ2v) is 3.93. The summed E-state index contributed by atoms with van der Waals surface area (Å²) in [7, 11) is 0. The molecule has 1 fully saturated rings. The fourth-order valence-electron chi connectivity index (χ4n) is 2.09. The lowest BCUT2D eigenvalue weighted by Gasteiger charge is -2.41. The average Bonchev–Trinajstić information content (AvgIpc) is 2.30. The van der Waals surface area contributed by atoms with Crippen LogP contribution in [0.5, 0.6) is 0 Å². The van der Waals surface area contributed by atoms with E-state index >= 15 is 0 Å². The summed E-state index contributed by atoms with van der Waals surface area (Å²) in [4.78, 5) is 10.2. The first kappa shape index (κ1) is 12.4. The molecule has 0 aromatic carbocycles. The van der Waals surface area contributed by atoms with Crippen LogP contribution in [0.1, 0.15) is 38.5 Å². The SMILES string of the molecule is NCCCN(C1CCCCC1)N([O-])N=O. The van der Waals surface area contributed by atoms with Crippen molar-refractivity contribution in [3.63, 3.8) is 0 Å². The lowest BCUT2D eigenvalue weighted by atomic mass is 9.95. The van der Waals surface area contributed by atoms with Gasteiger partial charge < -0.3 is 10.9 Å². The third kappa shape index (κ3) is 3.73. The molecule has 0 spiro atoms. The van der Waals surface area contributed by atoms with E-state index in [1.165, 1.54) is 11.4 Å². The number of nitrogens with zero attached hydrogens (tertiary/aromatic N) is 3. The largest absolute Gasteiger partial charge is 0.724 e. The zero-order valence-electron chi connectivity index (χ0n) is 8.97. The molecule has 6 heteroatoms. The first-order valence-electron chi connectivity index (χ1n) is 5.56. The van der Waals surface area contributed by atoms with Crippen LogP contribution < -0.4 is 5.73 Å². The van der Waals surface area contributed by atoms with Crippen LogP contribution in [0.3, 0.4) is 0 Å². The predicted octanol–water partition coefficient (Wildman–Crippen LogP) is 1.37. The maximum absolute atomic E-state index is 11.2. The number of hydrogen-bond acceptors (Lipinski definition) is 5. The van der Waals surface area contributed by atoms with Gasteiger partial charge in [0.05, 0.1) is 5.29 Å². The summed E-state index contributed by atoms with van der Waals surface area (Å²) in [5.74, 6) is 0. The molecule has 2 N–H and O–H groups in total. The smallest absolute Gasteiger partial charge is 0.0579 e. The fraction of sp³-hybridized carbons (Fsp3) is 1.00. The molecule has 0 radical (unpaired) electrons. The Morgan fingerprint density at radius 2 is 2.00 bits per heavy atom. The van der Waals surface area contributed by atoms with Crippen molar-refractivity contribution in [1.82, 2.24) is 10.3 Å². The summed E-state index contributed by atoms with van der Waals surface area (Å²) in [5, 5.41) is 15.4. The van der Waals surface area contributed by atoms with Crippen molar-refractivity contribution in [3.05, 3.63) is 10.1 Å². The second-order valence-electron chi connectivity index (χ2n) is 3.93. The summed E-state index contributed by atoms with van der Waals surface area (Å²) in [6, 6.07) is 0.167. The van der Waals surface area contributed by atoms with Crippen molar-refractivity contribution >= 4 is 0 Å². The van der Waals surface area contributed by atoms with Gasteiger partial charge in [-0.3, -0.25) is 5.28 Å². The Morgan fingerprint density at radius 1 is 1.33 bits per heavy atom. The maximum atomic E-state index is 11.2. The molecule has 1 rings (SSSR count). The molecule has 1 aliphatic rings. The van der Waals surface area contributed by atoms with Crippen molar-refractivity contribution in [2.45, 2.75) is 44.6 Å².